The van der Waals surface area contributed by atoms with Crippen LogP contribution in [0.15, 0.2) is 29.1 Å². The zero-order valence-electron chi connectivity index (χ0n) is 14.4. The molecule has 1 aromatic carbocycles. The summed E-state index contributed by atoms with van der Waals surface area (Å²) in [5, 5.41) is 14.4. The largest absolute Gasteiger partial charge is 0.390 e. The highest BCUT2D eigenvalue weighted by molar-refractivity contribution is 5.92. The highest BCUT2D eigenvalue weighted by atomic mass is 16.3. The number of carbonyl (C=O) groups excluding carboxylic acids is 1. The van der Waals surface area contributed by atoms with Crippen LogP contribution in [0.2, 0.25) is 0 Å². The van der Waals surface area contributed by atoms with Crippen LogP contribution in [0, 0.1) is 0 Å². The second-order valence-corrected chi connectivity index (χ2v) is 6.25. The Bertz CT molecular complexity index is 1050. The number of aromatic amines is 1. The van der Waals surface area contributed by atoms with E-state index in [0.29, 0.717) is 36.1 Å². The maximum atomic E-state index is 12.9. The number of amides is 1. The highest BCUT2D eigenvalue weighted by Crippen LogP contribution is 2.23. The number of benzene rings is 1. The van der Waals surface area contributed by atoms with Gasteiger partial charge in [-0.3, -0.25) is 14.3 Å². The van der Waals surface area contributed by atoms with E-state index in [0.717, 1.165) is 17.8 Å². The number of fused-ring (bicyclic) bond motifs is 2. The summed E-state index contributed by atoms with van der Waals surface area (Å²) < 4.78 is 1.87. The molecule has 8 heteroatoms. The number of nitrogens with one attached hydrogen (secondary N) is 1. The summed E-state index contributed by atoms with van der Waals surface area (Å²) in [5.41, 5.74) is 2.70. The molecule has 0 atom stereocenters. The summed E-state index contributed by atoms with van der Waals surface area (Å²) in [6.45, 7) is 3.41. The van der Waals surface area contributed by atoms with Gasteiger partial charge in [-0.2, -0.15) is 5.10 Å². The number of aliphatic hydroxyl groups excluding tert-OH is 1. The fourth-order valence-corrected chi connectivity index (χ4v) is 3.46. The minimum absolute atomic E-state index is 0.0329. The van der Waals surface area contributed by atoms with E-state index in [4.69, 9.17) is 0 Å². The number of para-hydroxylation sites is 1. The predicted octanol–water partition coefficient (Wildman–Crippen LogP) is 0.830. The number of carbonyl (C=O) groups is 1. The number of hydrogen-bond acceptors (Lipinski definition) is 5. The molecule has 0 bridgehead atoms. The van der Waals surface area contributed by atoms with Crippen molar-refractivity contribution in [3.05, 3.63) is 57.4 Å². The molecular weight excluding hydrogens is 334 g/mol. The third kappa shape index (κ3) is 2.59. The number of H-pyrrole nitrogens is 1. The van der Waals surface area contributed by atoms with Crippen molar-refractivity contribution < 1.29 is 9.90 Å². The number of aliphatic hydroxyl groups is 1. The molecule has 0 spiro atoms. The van der Waals surface area contributed by atoms with Crippen LogP contribution in [-0.2, 0) is 26.1 Å². The first-order valence-electron chi connectivity index (χ1n) is 8.59. The lowest BCUT2D eigenvalue weighted by Gasteiger charge is -2.27. The van der Waals surface area contributed by atoms with Crippen LogP contribution in [0.3, 0.4) is 0 Å². The van der Waals surface area contributed by atoms with E-state index in [9.17, 15) is 14.7 Å². The van der Waals surface area contributed by atoms with Crippen LogP contribution < -0.4 is 5.56 Å². The van der Waals surface area contributed by atoms with Crippen LogP contribution in [0.4, 0.5) is 0 Å². The number of hydrogen-bond donors (Lipinski definition) is 2. The molecule has 0 saturated heterocycles. The van der Waals surface area contributed by atoms with E-state index in [1.165, 1.54) is 0 Å². The van der Waals surface area contributed by atoms with Crippen molar-refractivity contribution in [3.63, 3.8) is 0 Å². The van der Waals surface area contributed by atoms with Gasteiger partial charge in [0.1, 0.15) is 0 Å². The lowest BCUT2D eigenvalue weighted by Crippen LogP contribution is -2.38. The predicted molar refractivity (Wildman–Crippen MR) is 94.6 cm³/mol. The molecule has 0 saturated carbocycles. The Kier molecular flexibility index (Phi) is 4.04. The Morgan fingerprint density at radius 1 is 1.35 bits per heavy atom. The van der Waals surface area contributed by atoms with Gasteiger partial charge in [0, 0.05) is 37.3 Å². The topological polar surface area (TPSA) is 104 Å². The molecule has 0 radical (unpaired) electrons. The molecule has 1 aliphatic heterocycles. The van der Waals surface area contributed by atoms with Gasteiger partial charge in [0.05, 0.1) is 23.2 Å². The molecule has 134 valence electrons. The van der Waals surface area contributed by atoms with Gasteiger partial charge in [-0.05, 0) is 19.1 Å². The van der Waals surface area contributed by atoms with E-state index < -0.39 is 0 Å². The van der Waals surface area contributed by atoms with Crippen LogP contribution in [0.25, 0.3) is 10.9 Å². The normalized spacial score (nSPS) is 13.8. The smallest absolute Gasteiger partial charge is 0.290 e. The summed E-state index contributed by atoms with van der Waals surface area (Å²) in [4.78, 5) is 33.6. The first kappa shape index (κ1) is 16.5. The van der Waals surface area contributed by atoms with Crippen molar-refractivity contribution in [2.24, 2.45) is 0 Å². The summed E-state index contributed by atoms with van der Waals surface area (Å²) in [5.74, 6) is -0.294. The van der Waals surface area contributed by atoms with E-state index in [2.05, 4.69) is 15.1 Å². The van der Waals surface area contributed by atoms with Crippen molar-refractivity contribution in [1.82, 2.24) is 24.6 Å². The third-order valence-corrected chi connectivity index (χ3v) is 4.77. The van der Waals surface area contributed by atoms with Gasteiger partial charge in [-0.1, -0.05) is 12.1 Å². The molecule has 1 aliphatic rings. The number of aryl methyl sites for hydroxylation is 1. The Balaban J connectivity index is 1.68. The van der Waals surface area contributed by atoms with Crippen molar-refractivity contribution in [3.8, 4) is 0 Å². The lowest BCUT2D eigenvalue weighted by atomic mass is 10.0. The van der Waals surface area contributed by atoms with Crippen LogP contribution >= 0.6 is 0 Å². The lowest BCUT2D eigenvalue weighted by molar-refractivity contribution is 0.0719. The molecule has 0 fully saturated rings. The second-order valence-electron chi connectivity index (χ2n) is 6.25. The quantitative estimate of drug-likeness (QED) is 0.726. The van der Waals surface area contributed by atoms with Crippen molar-refractivity contribution in [2.45, 2.75) is 33.0 Å². The molecule has 2 N–H and O–H groups in total. The van der Waals surface area contributed by atoms with E-state index >= 15 is 0 Å². The van der Waals surface area contributed by atoms with E-state index in [1.807, 2.05) is 11.6 Å². The molecular formula is C18H19N5O3. The van der Waals surface area contributed by atoms with Gasteiger partial charge in [0.2, 0.25) is 0 Å². The maximum Gasteiger partial charge on any atom is 0.290 e. The van der Waals surface area contributed by atoms with Crippen LogP contribution in [0.5, 0.6) is 0 Å². The molecule has 1 amide bonds. The fraction of sp³-hybridized carbons (Fsp3) is 0.333. The second kappa shape index (κ2) is 6.38. The summed E-state index contributed by atoms with van der Waals surface area (Å²) in [7, 11) is 0. The van der Waals surface area contributed by atoms with Crippen LogP contribution in [-0.4, -0.2) is 42.2 Å². The number of rotatable bonds is 3. The minimum atomic E-state index is -0.327. The first-order chi connectivity index (χ1) is 12.6. The molecule has 0 unspecified atom stereocenters. The Hall–Kier alpha value is -3.00. The summed E-state index contributed by atoms with van der Waals surface area (Å²) in [6.07, 6.45) is 0.653. The zero-order chi connectivity index (χ0) is 18.3. The van der Waals surface area contributed by atoms with Crippen LogP contribution in [0.1, 0.15) is 34.5 Å². The Labute approximate surface area is 149 Å². The molecule has 3 heterocycles. The Morgan fingerprint density at radius 3 is 2.92 bits per heavy atom. The van der Waals surface area contributed by atoms with Crippen molar-refractivity contribution in [1.29, 1.82) is 0 Å². The molecule has 8 nitrogen and oxygen atoms in total. The van der Waals surface area contributed by atoms with Crippen molar-refractivity contribution in [2.75, 3.05) is 6.54 Å². The van der Waals surface area contributed by atoms with Gasteiger partial charge in [0.25, 0.3) is 11.5 Å². The SMILES string of the molecule is CCn1nc(CO)c2c1CCN(C(=O)c1nc3ccccc3c(=O)[nH]1)C2. The van der Waals surface area contributed by atoms with Gasteiger partial charge in [-0.25, -0.2) is 4.98 Å². The first-order valence-corrected chi connectivity index (χ1v) is 8.59. The number of aromatic nitrogens is 4. The van der Waals surface area contributed by atoms with Gasteiger partial charge < -0.3 is 15.0 Å². The number of nitrogens with zero attached hydrogens (tertiary/aromatic N) is 4. The Morgan fingerprint density at radius 2 is 2.15 bits per heavy atom. The average Bonchev–Trinajstić information content (AvgIpc) is 3.04. The van der Waals surface area contributed by atoms with Gasteiger partial charge in [0.15, 0.2) is 5.82 Å². The van der Waals surface area contributed by atoms with Crippen molar-refractivity contribution >= 4 is 16.8 Å². The average molecular weight is 353 g/mol. The maximum absolute atomic E-state index is 12.9. The van der Waals surface area contributed by atoms with Gasteiger partial charge in [-0.15, -0.1) is 0 Å². The van der Waals surface area contributed by atoms with E-state index in [-0.39, 0.29) is 23.9 Å². The molecule has 3 aromatic rings. The molecule has 0 aliphatic carbocycles. The molecule has 4 rings (SSSR count). The molecule has 26 heavy (non-hydrogen) atoms. The highest BCUT2D eigenvalue weighted by Gasteiger charge is 2.28. The standard InChI is InChI=1S/C18H19N5O3/c1-2-23-15-7-8-22(9-12(15)14(10-24)21-23)18(26)16-19-13-6-4-3-5-11(13)17(25)20-16/h3-6,24H,2,7-10H2,1H3,(H,19,20,25). The monoisotopic (exact) mass is 353 g/mol. The summed E-state index contributed by atoms with van der Waals surface area (Å²) >= 11 is 0. The van der Waals surface area contributed by atoms with E-state index in [1.54, 1.807) is 29.2 Å². The fourth-order valence-electron chi connectivity index (χ4n) is 3.46. The molecule has 2 aromatic heterocycles. The third-order valence-electron chi connectivity index (χ3n) is 4.77. The van der Waals surface area contributed by atoms with Gasteiger partial charge >= 0.3 is 0 Å². The summed E-state index contributed by atoms with van der Waals surface area (Å²) in [6, 6.07) is 6.93. The zero-order valence-corrected chi connectivity index (χ0v) is 14.4. The minimum Gasteiger partial charge on any atom is -0.390 e.